The summed E-state index contributed by atoms with van der Waals surface area (Å²) in [4.78, 5) is 11.8. The average molecular weight is 212 g/mol. The van der Waals surface area contributed by atoms with Crippen LogP contribution in [0.3, 0.4) is 0 Å². The maximum atomic E-state index is 11.8. The summed E-state index contributed by atoms with van der Waals surface area (Å²) in [5.74, 6) is 1.62. The van der Waals surface area contributed by atoms with Crippen LogP contribution in [0.2, 0.25) is 0 Å². The average Bonchev–Trinajstić information content (AvgIpc) is 2.25. The molecule has 1 aliphatic heterocycles. The van der Waals surface area contributed by atoms with Crippen molar-refractivity contribution in [2.75, 3.05) is 19.6 Å². The molecule has 1 heterocycles. The molecule has 1 saturated heterocycles. The van der Waals surface area contributed by atoms with Crippen molar-refractivity contribution >= 4 is 5.91 Å². The highest BCUT2D eigenvalue weighted by atomic mass is 16.1. The normalized spacial score (nSPS) is 28.5. The van der Waals surface area contributed by atoms with E-state index in [0.29, 0.717) is 11.8 Å². The largest absolute Gasteiger partial charge is 0.356 e. The molecule has 0 radical (unpaired) electrons. The van der Waals surface area contributed by atoms with Gasteiger partial charge >= 0.3 is 0 Å². The van der Waals surface area contributed by atoms with Crippen LogP contribution < -0.4 is 10.6 Å². The number of hydrogen-bond donors (Lipinski definition) is 2. The Hall–Kier alpha value is -0.570. The fraction of sp³-hybridized carbons (Fsp3) is 0.917. The van der Waals surface area contributed by atoms with Crippen LogP contribution in [0.15, 0.2) is 0 Å². The van der Waals surface area contributed by atoms with Crippen molar-refractivity contribution < 1.29 is 4.79 Å². The third-order valence-corrected chi connectivity index (χ3v) is 3.26. The minimum Gasteiger partial charge on any atom is -0.356 e. The predicted molar refractivity (Wildman–Crippen MR) is 62.6 cm³/mol. The Kier molecular flexibility index (Phi) is 5.09. The van der Waals surface area contributed by atoms with Gasteiger partial charge in [0.05, 0.1) is 5.92 Å². The van der Waals surface area contributed by atoms with Gasteiger partial charge in [-0.15, -0.1) is 0 Å². The van der Waals surface area contributed by atoms with Crippen LogP contribution in [0.1, 0.15) is 33.6 Å². The second-order valence-electron chi connectivity index (χ2n) is 4.95. The Morgan fingerprint density at radius 3 is 2.87 bits per heavy atom. The lowest BCUT2D eigenvalue weighted by Crippen LogP contribution is -2.44. The van der Waals surface area contributed by atoms with Crippen molar-refractivity contribution in [2.24, 2.45) is 17.8 Å². The van der Waals surface area contributed by atoms with Gasteiger partial charge in [0.25, 0.3) is 0 Å². The van der Waals surface area contributed by atoms with E-state index in [4.69, 9.17) is 0 Å². The number of nitrogens with one attached hydrogen (secondary N) is 2. The molecule has 0 aromatic heterocycles. The summed E-state index contributed by atoms with van der Waals surface area (Å²) >= 11 is 0. The van der Waals surface area contributed by atoms with E-state index in [0.717, 1.165) is 32.5 Å². The number of carbonyl (C=O) groups excluding carboxylic acids is 1. The quantitative estimate of drug-likeness (QED) is 0.739. The van der Waals surface area contributed by atoms with Gasteiger partial charge in [0.15, 0.2) is 0 Å². The van der Waals surface area contributed by atoms with Gasteiger partial charge < -0.3 is 10.6 Å². The molecule has 15 heavy (non-hydrogen) atoms. The van der Waals surface area contributed by atoms with E-state index in [2.05, 4.69) is 31.4 Å². The Labute approximate surface area is 93.0 Å². The van der Waals surface area contributed by atoms with E-state index >= 15 is 0 Å². The molecular weight excluding hydrogens is 188 g/mol. The first-order chi connectivity index (χ1) is 7.13. The second kappa shape index (κ2) is 6.11. The van der Waals surface area contributed by atoms with E-state index in [9.17, 15) is 4.79 Å². The topological polar surface area (TPSA) is 41.1 Å². The van der Waals surface area contributed by atoms with Crippen LogP contribution in [0, 0.1) is 17.8 Å². The van der Waals surface area contributed by atoms with Crippen molar-refractivity contribution in [3.05, 3.63) is 0 Å². The minimum atomic E-state index is 0.179. The van der Waals surface area contributed by atoms with Crippen LogP contribution in [-0.4, -0.2) is 25.5 Å². The van der Waals surface area contributed by atoms with Crippen molar-refractivity contribution in [1.29, 1.82) is 0 Å². The Balaban J connectivity index is 2.26. The van der Waals surface area contributed by atoms with Gasteiger partial charge in [0, 0.05) is 13.1 Å². The Morgan fingerprint density at radius 1 is 1.53 bits per heavy atom. The van der Waals surface area contributed by atoms with E-state index in [1.165, 1.54) is 0 Å². The summed E-state index contributed by atoms with van der Waals surface area (Å²) < 4.78 is 0. The highest BCUT2D eigenvalue weighted by molar-refractivity contribution is 5.79. The number of rotatable bonds is 4. The first-order valence-electron chi connectivity index (χ1n) is 6.11. The highest BCUT2D eigenvalue weighted by Gasteiger charge is 2.24. The predicted octanol–water partition coefficient (Wildman–Crippen LogP) is 1.39. The van der Waals surface area contributed by atoms with Crippen LogP contribution in [-0.2, 0) is 4.79 Å². The third kappa shape index (κ3) is 4.20. The van der Waals surface area contributed by atoms with Crippen LogP contribution >= 0.6 is 0 Å². The van der Waals surface area contributed by atoms with Gasteiger partial charge in [-0.3, -0.25) is 4.79 Å². The number of piperidine rings is 1. The minimum absolute atomic E-state index is 0.179. The molecule has 2 N–H and O–H groups in total. The molecule has 0 bridgehead atoms. The summed E-state index contributed by atoms with van der Waals surface area (Å²) in [5, 5.41) is 6.35. The monoisotopic (exact) mass is 212 g/mol. The van der Waals surface area contributed by atoms with E-state index in [1.807, 2.05) is 0 Å². The molecule has 3 heteroatoms. The molecule has 0 saturated carbocycles. The molecule has 1 amide bonds. The first kappa shape index (κ1) is 12.5. The van der Waals surface area contributed by atoms with Gasteiger partial charge in [-0.2, -0.15) is 0 Å². The fourth-order valence-corrected chi connectivity index (χ4v) is 1.92. The lowest BCUT2D eigenvalue weighted by atomic mass is 9.91. The maximum Gasteiger partial charge on any atom is 0.224 e. The molecule has 88 valence electrons. The lowest BCUT2D eigenvalue weighted by molar-refractivity contribution is -0.126. The van der Waals surface area contributed by atoms with Crippen molar-refractivity contribution in [2.45, 2.75) is 33.6 Å². The molecule has 1 rings (SSSR count). The lowest BCUT2D eigenvalue weighted by Gasteiger charge is -2.27. The van der Waals surface area contributed by atoms with Gasteiger partial charge in [0.1, 0.15) is 0 Å². The van der Waals surface area contributed by atoms with Crippen molar-refractivity contribution in [3.63, 3.8) is 0 Å². The third-order valence-electron chi connectivity index (χ3n) is 3.26. The van der Waals surface area contributed by atoms with Crippen LogP contribution in [0.4, 0.5) is 0 Å². The molecule has 3 atom stereocenters. The summed E-state index contributed by atoms with van der Waals surface area (Å²) in [5.41, 5.74) is 0. The molecule has 1 fully saturated rings. The molecule has 3 nitrogen and oxygen atoms in total. The zero-order chi connectivity index (χ0) is 11.3. The smallest absolute Gasteiger partial charge is 0.224 e. The summed E-state index contributed by atoms with van der Waals surface area (Å²) in [6.07, 6.45) is 2.15. The number of amides is 1. The molecule has 0 aromatic rings. The van der Waals surface area contributed by atoms with E-state index in [1.54, 1.807) is 0 Å². The summed E-state index contributed by atoms with van der Waals surface area (Å²) in [7, 11) is 0. The van der Waals surface area contributed by atoms with Crippen LogP contribution in [0.25, 0.3) is 0 Å². The summed E-state index contributed by atoms with van der Waals surface area (Å²) in [6.45, 7) is 9.23. The highest BCUT2D eigenvalue weighted by Crippen LogP contribution is 2.15. The maximum absolute atomic E-state index is 11.8. The Morgan fingerprint density at radius 2 is 2.27 bits per heavy atom. The molecule has 0 aliphatic carbocycles. The molecule has 0 aromatic carbocycles. The fourth-order valence-electron chi connectivity index (χ4n) is 1.92. The van der Waals surface area contributed by atoms with Gasteiger partial charge in [0.2, 0.25) is 5.91 Å². The zero-order valence-electron chi connectivity index (χ0n) is 10.2. The van der Waals surface area contributed by atoms with Crippen molar-refractivity contribution in [1.82, 2.24) is 10.6 Å². The summed E-state index contributed by atoms with van der Waals surface area (Å²) in [6, 6.07) is 0. The second-order valence-corrected chi connectivity index (χ2v) is 4.95. The zero-order valence-corrected chi connectivity index (χ0v) is 10.2. The number of hydrogen-bond acceptors (Lipinski definition) is 2. The van der Waals surface area contributed by atoms with Crippen LogP contribution in [0.5, 0.6) is 0 Å². The van der Waals surface area contributed by atoms with Gasteiger partial charge in [-0.05, 0) is 24.8 Å². The first-order valence-corrected chi connectivity index (χ1v) is 6.11. The standard InChI is InChI=1S/C12H24N2O/c1-4-9(2)7-14-12(15)11-5-10(3)6-13-8-11/h9-11,13H,4-8H2,1-3H3,(H,14,15). The molecule has 0 spiro atoms. The van der Waals surface area contributed by atoms with Crippen molar-refractivity contribution in [3.8, 4) is 0 Å². The Bertz CT molecular complexity index is 206. The van der Waals surface area contributed by atoms with Gasteiger partial charge in [-0.1, -0.05) is 27.2 Å². The van der Waals surface area contributed by atoms with Gasteiger partial charge in [-0.25, -0.2) is 0 Å². The van der Waals surface area contributed by atoms with E-state index < -0.39 is 0 Å². The SMILES string of the molecule is CCC(C)CNC(=O)C1CNCC(C)C1. The molecule has 3 unspecified atom stereocenters. The molecule has 1 aliphatic rings. The van der Waals surface area contributed by atoms with E-state index in [-0.39, 0.29) is 11.8 Å². The molecular formula is C12H24N2O. The number of carbonyl (C=O) groups is 1.